The highest BCUT2D eigenvalue weighted by Gasteiger charge is 2.29. The number of amides is 1. The van der Waals surface area contributed by atoms with Crippen LogP contribution in [-0.4, -0.2) is 41.4 Å². The Kier molecular flexibility index (Phi) is 6.50. The van der Waals surface area contributed by atoms with Crippen LogP contribution in [0, 0.1) is 16.0 Å². The van der Waals surface area contributed by atoms with Gasteiger partial charge in [0, 0.05) is 30.3 Å². The quantitative estimate of drug-likeness (QED) is 0.447. The molecule has 2 rings (SSSR count). The molecule has 1 saturated carbocycles. The van der Waals surface area contributed by atoms with E-state index in [1.54, 1.807) is 11.8 Å². The fourth-order valence-electron chi connectivity index (χ4n) is 3.25. The van der Waals surface area contributed by atoms with Crippen molar-refractivity contribution in [1.82, 2.24) is 4.90 Å². The summed E-state index contributed by atoms with van der Waals surface area (Å²) in [5, 5.41) is 10.8. The summed E-state index contributed by atoms with van der Waals surface area (Å²) in [5.74, 6) is -0.969. The van der Waals surface area contributed by atoms with Gasteiger partial charge in [-0.15, -0.1) is 0 Å². The Balaban J connectivity index is 2.21. The lowest BCUT2D eigenvalue weighted by atomic mass is 9.93. The molecule has 0 heterocycles. The van der Waals surface area contributed by atoms with Crippen LogP contribution >= 0.6 is 0 Å². The van der Waals surface area contributed by atoms with Crippen molar-refractivity contribution < 1.29 is 19.2 Å². The summed E-state index contributed by atoms with van der Waals surface area (Å²) >= 11 is 0. The summed E-state index contributed by atoms with van der Waals surface area (Å²) in [6.07, 6.45) is 5.09. The Bertz CT molecular complexity index is 623. The van der Waals surface area contributed by atoms with Gasteiger partial charge in [-0.2, -0.15) is 0 Å². The molecule has 0 bridgehead atoms. The van der Waals surface area contributed by atoms with Crippen molar-refractivity contribution in [1.29, 1.82) is 0 Å². The molecule has 1 aromatic carbocycles. The maximum absolute atomic E-state index is 13.0. The molecule has 1 atom stereocenters. The second kappa shape index (κ2) is 8.60. The number of nitro groups is 1. The van der Waals surface area contributed by atoms with Crippen LogP contribution in [0.15, 0.2) is 24.3 Å². The fraction of sp³-hybridized carbons (Fsp3) is 0.556. The highest BCUT2D eigenvalue weighted by atomic mass is 16.6. The standard InChI is InChI=1S/C18H24N2O5/c1-13(18(22)25-2)12-19(15-6-4-3-5-7-15)17(21)14-8-10-16(11-9-14)20(23)24/h8-11,13,15H,3-7,12H2,1-2H3. The van der Waals surface area contributed by atoms with E-state index < -0.39 is 10.8 Å². The van der Waals surface area contributed by atoms with E-state index in [-0.39, 0.29) is 30.2 Å². The molecule has 0 spiro atoms. The Morgan fingerprint density at radius 2 is 1.84 bits per heavy atom. The van der Waals surface area contributed by atoms with Crippen molar-refractivity contribution >= 4 is 17.6 Å². The normalized spacial score (nSPS) is 16.1. The average Bonchev–Trinajstić information content (AvgIpc) is 2.65. The first-order valence-electron chi connectivity index (χ1n) is 8.57. The van der Waals surface area contributed by atoms with Gasteiger partial charge in [0.25, 0.3) is 11.6 Å². The smallest absolute Gasteiger partial charge is 0.310 e. The van der Waals surface area contributed by atoms with E-state index >= 15 is 0 Å². The van der Waals surface area contributed by atoms with Gasteiger partial charge in [0.15, 0.2) is 0 Å². The molecule has 1 amide bonds. The molecule has 7 heteroatoms. The van der Waals surface area contributed by atoms with Crippen molar-refractivity contribution in [2.24, 2.45) is 5.92 Å². The second-order valence-corrected chi connectivity index (χ2v) is 6.48. The van der Waals surface area contributed by atoms with Gasteiger partial charge in [-0.3, -0.25) is 19.7 Å². The number of non-ortho nitro benzene ring substituents is 1. The van der Waals surface area contributed by atoms with Crippen LogP contribution in [0.1, 0.15) is 49.4 Å². The zero-order valence-corrected chi connectivity index (χ0v) is 14.6. The lowest BCUT2D eigenvalue weighted by Gasteiger charge is -2.35. The summed E-state index contributed by atoms with van der Waals surface area (Å²) in [6.45, 7) is 2.03. The van der Waals surface area contributed by atoms with Crippen molar-refractivity contribution in [3.05, 3.63) is 39.9 Å². The third kappa shape index (κ3) is 4.78. The van der Waals surface area contributed by atoms with Crippen molar-refractivity contribution in [3.8, 4) is 0 Å². The molecular formula is C18H24N2O5. The molecule has 7 nitrogen and oxygen atoms in total. The van der Waals surface area contributed by atoms with Crippen LogP contribution < -0.4 is 0 Å². The molecule has 0 N–H and O–H groups in total. The Hall–Kier alpha value is -2.44. The van der Waals surface area contributed by atoms with Gasteiger partial charge in [0.2, 0.25) is 0 Å². The number of hydrogen-bond acceptors (Lipinski definition) is 5. The van der Waals surface area contributed by atoms with Crippen LogP contribution in [0.2, 0.25) is 0 Å². The average molecular weight is 348 g/mol. The van der Waals surface area contributed by atoms with E-state index in [0.717, 1.165) is 32.1 Å². The van der Waals surface area contributed by atoms with Gasteiger partial charge in [-0.05, 0) is 25.0 Å². The van der Waals surface area contributed by atoms with Gasteiger partial charge in [0.1, 0.15) is 0 Å². The number of nitro benzene ring substituents is 1. The topological polar surface area (TPSA) is 89.8 Å². The molecule has 136 valence electrons. The molecule has 1 aromatic rings. The van der Waals surface area contributed by atoms with Gasteiger partial charge in [-0.1, -0.05) is 26.2 Å². The number of nitrogens with zero attached hydrogens (tertiary/aromatic N) is 2. The lowest BCUT2D eigenvalue weighted by Crippen LogP contribution is -2.45. The summed E-state index contributed by atoms with van der Waals surface area (Å²) in [5.41, 5.74) is 0.344. The van der Waals surface area contributed by atoms with E-state index in [4.69, 9.17) is 4.74 Å². The molecule has 0 saturated heterocycles. The van der Waals surface area contributed by atoms with E-state index in [9.17, 15) is 19.7 Å². The highest BCUT2D eigenvalue weighted by molar-refractivity contribution is 5.95. The number of methoxy groups -OCH3 is 1. The number of benzene rings is 1. The molecule has 0 radical (unpaired) electrons. The van der Waals surface area contributed by atoms with Crippen LogP contribution in [0.5, 0.6) is 0 Å². The summed E-state index contributed by atoms with van der Waals surface area (Å²) in [7, 11) is 1.34. The molecule has 0 aromatic heterocycles. The SMILES string of the molecule is COC(=O)C(C)CN(C(=O)c1ccc([N+](=O)[O-])cc1)C1CCCCC1. The maximum Gasteiger partial charge on any atom is 0.310 e. The Labute approximate surface area is 147 Å². The number of carbonyl (C=O) groups is 2. The molecule has 1 aliphatic rings. The Morgan fingerprint density at radius 1 is 1.24 bits per heavy atom. The first-order chi connectivity index (χ1) is 11.9. The minimum Gasteiger partial charge on any atom is -0.469 e. The van der Waals surface area contributed by atoms with Gasteiger partial charge in [-0.25, -0.2) is 0 Å². The number of hydrogen-bond donors (Lipinski definition) is 0. The predicted octanol–water partition coefficient (Wildman–Crippen LogP) is 3.18. The third-order valence-electron chi connectivity index (χ3n) is 4.68. The predicted molar refractivity (Wildman–Crippen MR) is 92.2 cm³/mol. The van der Waals surface area contributed by atoms with Crippen LogP contribution in [0.3, 0.4) is 0 Å². The monoisotopic (exact) mass is 348 g/mol. The molecule has 1 unspecified atom stereocenters. The van der Waals surface area contributed by atoms with Crippen LogP contribution in [-0.2, 0) is 9.53 Å². The summed E-state index contributed by atoms with van der Waals surface area (Å²) < 4.78 is 4.78. The number of esters is 1. The van der Waals surface area contributed by atoms with E-state index in [1.807, 2.05) is 0 Å². The molecule has 25 heavy (non-hydrogen) atoms. The van der Waals surface area contributed by atoms with Crippen molar-refractivity contribution in [2.45, 2.75) is 45.1 Å². The minimum atomic E-state index is -0.494. The van der Waals surface area contributed by atoms with Crippen LogP contribution in [0.4, 0.5) is 5.69 Å². The van der Waals surface area contributed by atoms with E-state index in [2.05, 4.69) is 0 Å². The second-order valence-electron chi connectivity index (χ2n) is 6.48. The Morgan fingerprint density at radius 3 is 2.36 bits per heavy atom. The highest BCUT2D eigenvalue weighted by Crippen LogP contribution is 2.25. The van der Waals surface area contributed by atoms with Gasteiger partial charge >= 0.3 is 5.97 Å². The van der Waals surface area contributed by atoms with E-state index in [1.165, 1.54) is 31.4 Å². The van der Waals surface area contributed by atoms with Gasteiger partial charge < -0.3 is 9.64 Å². The molecule has 1 fully saturated rings. The number of carbonyl (C=O) groups excluding carboxylic acids is 2. The van der Waals surface area contributed by atoms with Crippen LogP contribution in [0.25, 0.3) is 0 Å². The fourth-order valence-corrected chi connectivity index (χ4v) is 3.25. The maximum atomic E-state index is 13.0. The number of ether oxygens (including phenoxy) is 1. The molecule has 1 aliphatic carbocycles. The first-order valence-corrected chi connectivity index (χ1v) is 8.57. The molecular weight excluding hydrogens is 324 g/mol. The van der Waals surface area contributed by atoms with Gasteiger partial charge in [0.05, 0.1) is 18.0 Å². The summed E-state index contributed by atoms with van der Waals surface area (Å²) in [6, 6.07) is 5.69. The zero-order chi connectivity index (χ0) is 18.4. The third-order valence-corrected chi connectivity index (χ3v) is 4.68. The lowest BCUT2D eigenvalue weighted by molar-refractivity contribution is -0.384. The van der Waals surface area contributed by atoms with Crippen molar-refractivity contribution in [3.63, 3.8) is 0 Å². The number of rotatable bonds is 6. The van der Waals surface area contributed by atoms with Crippen molar-refractivity contribution in [2.75, 3.05) is 13.7 Å². The first kappa shape index (κ1) is 18.9. The largest absolute Gasteiger partial charge is 0.469 e. The molecule has 0 aliphatic heterocycles. The zero-order valence-electron chi connectivity index (χ0n) is 14.6. The minimum absolute atomic E-state index is 0.0521. The van der Waals surface area contributed by atoms with E-state index in [0.29, 0.717) is 5.56 Å². The summed E-state index contributed by atoms with van der Waals surface area (Å²) in [4.78, 5) is 36.8.